The molecule has 0 fully saturated rings. The van der Waals surface area contributed by atoms with Crippen LogP contribution in [0.3, 0.4) is 0 Å². The fourth-order valence-electron chi connectivity index (χ4n) is 1.27. The van der Waals surface area contributed by atoms with E-state index in [1.807, 2.05) is 19.9 Å². The quantitative estimate of drug-likeness (QED) is 0.767. The lowest BCUT2D eigenvalue weighted by Crippen LogP contribution is -2.22. The Hall–Kier alpha value is -1.42. The first-order valence-electron chi connectivity index (χ1n) is 4.61. The predicted molar refractivity (Wildman–Crippen MR) is 65.2 cm³/mol. The van der Waals surface area contributed by atoms with Gasteiger partial charge >= 0.3 is 4.87 Å². The van der Waals surface area contributed by atoms with Crippen LogP contribution in [0.2, 0.25) is 0 Å². The summed E-state index contributed by atoms with van der Waals surface area (Å²) >= 11 is 0.732. The molecule has 0 unspecified atom stereocenters. The minimum absolute atomic E-state index is 0.190. The van der Waals surface area contributed by atoms with E-state index in [0.717, 1.165) is 11.3 Å². The molecule has 0 aliphatic heterocycles. The van der Waals surface area contributed by atoms with Crippen molar-refractivity contribution < 1.29 is 0 Å². The van der Waals surface area contributed by atoms with E-state index in [-0.39, 0.29) is 9.62 Å². The van der Waals surface area contributed by atoms with Gasteiger partial charge in [-0.3, -0.25) is 9.59 Å². The number of hydrogen-bond acceptors (Lipinski definition) is 3. The Morgan fingerprint density at radius 3 is 2.27 bits per heavy atom. The Balaban J connectivity index is 3.69. The summed E-state index contributed by atoms with van der Waals surface area (Å²) in [5.74, 6) is 0. The van der Waals surface area contributed by atoms with Crippen molar-refractivity contribution >= 4 is 23.5 Å². The molecule has 0 saturated carbocycles. The molecular formula is C11H13NO2S. The van der Waals surface area contributed by atoms with E-state index in [1.165, 1.54) is 4.57 Å². The molecule has 0 spiro atoms. The van der Waals surface area contributed by atoms with E-state index in [0.29, 0.717) is 11.3 Å². The standard InChI is InChI=1S/C11H13NO2S/c1-4-6-8-9(7-5-2)12(3)11(14)15-10(8)13/h4-7H,1-3H3/b6-4-,7-5-. The Morgan fingerprint density at radius 2 is 1.73 bits per heavy atom. The van der Waals surface area contributed by atoms with Crippen LogP contribution in [0.15, 0.2) is 21.7 Å². The Kier molecular flexibility index (Phi) is 3.80. The molecule has 0 aliphatic rings. The lowest BCUT2D eigenvalue weighted by Gasteiger charge is -2.05. The SMILES string of the molecule is C/C=C\c1c(/C=C\C)n(C)c(=O)sc1=O. The summed E-state index contributed by atoms with van der Waals surface area (Å²) in [7, 11) is 1.67. The van der Waals surface area contributed by atoms with Crippen molar-refractivity contribution in [2.24, 2.45) is 7.05 Å². The van der Waals surface area contributed by atoms with Crippen LogP contribution < -0.4 is 9.62 Å². The number of allylic oxidation sites excluding steroid dienone is 2. The molecule has 0 aromatic carbocycles. The molecule has 1 aromatic rings. The Labute approximate surface area is 92.0 Å². The largest absolute Gasteiger partial charge is 0.310 e. The predicted octanol–water partition coefficient (Wildman–Crippen LogP) is 1.87. The van der Waals surface area contributed by atoms with Crippen molar-refractivity contribution in [1.82, 2.24) is 4.57 Å². The second kappa shape index (κ2) is 4.89. The zero-order chi connectivity index (χ0) is 11.4. The molecule has 0 N–H and O–H groups in total. The van der Waals surface area contributed by atoms with Gasteiger partial charge < -0.3 is 4.57 Å². The van der Waals surface area contributed by atoms with Gasteiger partial charge in [-0.05, 0) is 31.3 Å². The molecule has 4 heteroatoms. The molecule has 0 atom stereocenters. The van der Waals surface area contributed by atoms with Crippen LogP contribution >= 0.6 is 11.3 Å². The summed E-state index contributed by atoms with van der Waals surface area (Å²) < 4.78 is 1.30. The van der Waals surface area contributed by atoms with E-state index in [4.69, 9.17) is 0 Å². The summed E-state index contributed by atoms with van der Waals surface area (Å²) in [6.07, 6.45) is 7.10. The first-order chi connectivity index (χ1) is 7.11. The first-order valence-corrected chi connectivity index (χ1v) is 5.43. The zero-order valence-corrected chi connectivity index (χ0v) is 9.80. The normalized spacial score (nSPS) is 11.7. The summed E-state index contributed by atoms with van der Waals surface area (Å²) in [5, 5.41) is 0. The van der Waals surface area contributed by atoms with Gasteiger partial charge in [0.1, 0.15) is 0 Å². The molecule has 1 aromatic heterocycles. The van der Waals surface area contributed by atoms with Crippen molar-refractivity contribution in [1.29, 1.82) is 0 Å². The third kappa shape index (κ3) is 2.33. The highest BCUT2D eigenvalue weighted by atomic mass is 32.1. The van der Waals surface area contributed by atoms with Gasteiger partial charge in [0.15, 0.2) is 0 Å². The second-order valence-corrected chi connectivity index (χ2v) is 3.94. The summed E-state index contributed by atoms with van der Waals surface area (Å²) in [6, 6.07) is 0. The minimum Gasteiger partial charge on any atom is -0.302 e. The molecule has 0 aliphatic carbocycles. The van der Waals surface area contributed by atoms with Crippen LogP contribution in [-0.4, -0.2) is 4.57 Å². The van der Waals surface area contributed by atoms with E-state index in [2.05, 4.69) is 0 Å². The van der Waals surface area contributed by atoms with Crippen molar-refractivity contribution in [2.45, 2.75) is 13.8 Å². The fraction of sp³-hybridized carbons (Fsp3) is 0.273. The molecule has 80 valence electrons. The highest BCUT2D eigenvalue weighted by Gasteiger charge is 2.07. The highest BCUT2D eigenvalue weighted by molar-refractivity contribution is 7.06. The van der Waals surface area contributed by atoms with Gasteiger partial charge in [-0.15, -0.1) is 0 Å². The number of rotatable bonds is 2. The van der Waals surface area contributed by atoms with Crippen molar-refractivity contribution in [3.8, 4) is 0 Å². The molecule has 0 saturated heterocycles. The summed E-state index contributed by atoms with van der Waals surface area (Å²) in [6.45, 7) is 3.69. The number of aromatic nitrogens is 1. The van der Waals surface area contributed by atoms with E-state index < -0.39 is 0 Å². The van der Waals surface area contributed by atoms with E-state index in [1.54, 1.807) is 25.3 Å². The van der Waals surface area contributed by atoms with Crippen LogP contribution in [0.25, 0.3) is 12.2 Å². The molecule has 0 amide bonds. The molecule has 1 rings (SSSR count). The number of hydrogen-bond donors (Lipinski definition) is 0. The molecular weight excluding hydrogens is 210 g/mol. The van der Waals surface area contributed by atoms with Gasteiger partial charge in [0, 0.05) is 7.05 Å². The first kappa shape index (κ1) is 11.7. The third-order valence-corrected chi connectivity index (χ3v) is 2.82. The Bertz CT molecular complexity index is 520. The van der Waals surface area contributed by atoms with Crippen LogP contribution in [0, 0.1) is 0 Å². The van der Waals surface area contributed by atoms with Crippen molar-refractivity contribution in [3.63, 3.8) is 0 Å². The fourth-order valence-corrected chi connectivity index (χ4v) is 1.94. The van der Waals surface area contributed by atoms with Gasteiger partial charge in [-0.1, -0.05) is 18.2 Å². The maximum Gasteiger partial charge on any atom is 0.310 e. The van der Waals surface area contributed by atoms with Crippen LogP contribution in [-0.2, 0) is 7.05 Å². The van der Waals surface area contributed by atoms with Gasteiger partial charge in [0.25, 0.3) is 0 Å². The molecule has 1 heterocycles. The zero-order valence-electron chi connectivity index (χ0n) is 8.98. The maximum absolute atomic E-state index is 11.6. The summed E-state index contributed by atoms with van der Waals surface area (Å²) in [4.78, 5) is 22.8. The molecule has 0 radical (unpaired) electrons. The van der Waals surface area contributed by atoms with Crippen molar-refractivity contribution in [2.75, 3.05) is 0 Å². The lowest BCUT2D eigenvalue weighted by atomic mass is 10.2. The van der Waals surface area contributed by atoms with Gasteiger partial charge in [-0.2, -0.15) is 0 Å². The van der Waals surface area contributed by atoms with Gasteiger partial charge in [0.05, 0.1) is 11.3 Å². The molecule has 15 heavy (non-hydrogen) atoms. The smallest absolute Gasteiger partial charge is 0.302 e. The highest BCUT2D eigenvalue weighted by Crippen LogP contribution is 2.07. The average molecular weight is 223 g/mol. The maximum atomic E-state index is 11.6. The number of nitrogens with zero attached hydrogens (tertiary/aromatic N) is 1. The van der Waals surface area contributed by atoms with E-state index >= 15 is 0 Å². The second-order valence-electron chi connectivity index (χ2n) is 3.01. The Morgan fingerprint density at radius 1 is 1.13 bits per heavy atom. The van der Waals surface area contributed by atoms with Crippen molar-refractivity contribution in [3.05, 3.63) is 42.6 Å². The van der Waals surface area contributed by atoms with Gasteiger partial charge in [-0.25, -0.2) is 0 Å². The molecule has 0 bridgehead atoms. The average Bonchev–Trinajstić information content (AvgIpc) is 2.20. The van der Waals surface area contributed by atoms with Crippen LogP contribution in [0.4, 0.5) is 0 Å². The monoisotopic (exact) mass is 223 g/mol. The van der Waals surface area contributed by atoms with E-state index in [9.17, 15) is 9.59 Å². The summed E-state index contributed by atoms with van der Waals surface area (Å²) in [5.41, 5.74) is 1.23. The molecule has 3 nitrogen and oxygen atoms in total. The van der Waals surface area contributed by atoms with Crippen LogP contribution in [0.5, 0.6) is 0 Å². The lowest BCUT2D eigenvalue weighted by molar-refractivity contribution is 0.868. The van der Waals surface area contributed by atoms with Gasteiger partial charge in [0.2, 0.25) is 4.74 Å². The minimum atomic E-state index is -0.235. The van der Waals surface area contributed by atoms with Crippen LogP contribution in [0.1, 0.15) is 25.1 Å². The third-order valence-electron chi connectivity index (χ3n) is 1.97. The topological polar surface area (TPSA) is 39.1 Å².